The van der Waals surface area contributed by atoms with Gasteiger partial charge in [-0.05, 0) is 25.4 Å². The summed E-state index contributed by atoms with van der Waals surface area (Å²) in [5.41, 5.74) is 5.22. The summed E-state index contributed by atoms with van der Waals surface area (Å²) in [6.45, 7) is 3.65. The number of thioether (sulfide) groups is 1. The lowest BCUT2D eigenvalue weighted by molar-refractivity contribution is 0.224. The van der Waals surface area contributed by atoms with Crippen LogP contribution in [0.3, 0.4) is 0 Å². The molecule has 1 aromatic rings. The largest absolute Gasteiger partial charge is 0.394 e. The molecule has 6 heteroatoms. The molecule has 4 nitrogen and oxygen atoms in total. The Bertz CT molecular complexity index is 274. The van der Waals surface area contributed by atoms with E-state index < -0.39 is 5.54 Å². The third-order valence-corrected chi connectivity index (χ3v) is 3.72. The number of nitrogens with two attached hydrogens (primary N) is 1. The molecule has 0 aliphatic carbocycles. The lowest BCUT2D eigenvalue weighted by Gasteiger charge is -2.19. The second kappa shape index (κ2) is 4.36. The molecule has 1 heterocycles. The van der Waals surface area contributed by atoms with Crippen LogP contribution in [0.2, 0.25) is 0 Å². The number of hydrogen-bond donors (Lipinski definition) is 2. The van der Waals surface area contributed by atoms with Gasteiger partial charge in [-0.3, -0.25) is 0 Å². The molecule has 3 N–H and O–H groups in total. The summed E-state index contributed by atoms with van der Waals surface area (Å²) < 4.78 is 4.95. The topological polar surface area (TPSA) is 72.0 Å². The van der Waals surface area contributed by atoms with E-state index in [0.29, 0.717) is 5.75 Å². The molecular weight excluding hydrogens is 206 g/mol. The van der Waals surface area contributed by atoms with E-state index in [9.17, 15) is 0 Å². The van der Waals surface area contributed by atoms with Gasteiger partial charge in [0.05, 0.1) is 6.61 Å². The zero-order chi connectivity index (χ0) is 9.90. The molecule has 1 atom stereocenters. The highest BCUT2D eigenvalue weighted by atomic mass is 32.2. The van der Waals surface area contributed by atoms with E-state index in [-0.39, 0.29) is 6.61 Å². The molecular formula is C7H13N3OS2. The minimum absolute atomic E-state index is 0.0161. The first kappa shape index (κ1) is 10.9. The molecule has 74 valence electrons. The van der Waals surface area contributed by atoms with Crippen LogP contribution in [0.15, 0.2) is 4.34 Å². The van der Waals surface area contributed by atoms with Crippen LogP contribution in [-0.4, -0.2) is 32.4 Å². The fraction of sp³-hybridized carbons (Fsp3) is 0.714. The van der Waals surface area contributed by atoms with Crippen LogP contribution in [0, 0.1) is 6.92 Å². The third-order valence-electron chi connectivity index (χ3n) is 1.40. The number of aliphatic hydroxyl groups excluding tert-OH is 1. The summed E-state index contributed by atoms with van der Waals surface area (Å²) in [7, 11) is 0. The highest BCUT2D eigenvalue weighted by Gasteiger charge is 2.18. The molecule has 1 rings (SSSR count). The molecule has 0 radical (unpaired) electrons. The van der Waals surface area contributed by atoms with Gasteiger partial charge in [-0.2, -0.15) is 4.37 Å². The van der Waals surface area contributed by atoms with Crippen LogP contribution in [-0.2, 0) is 0 Å². The molecule has 0 aliphatic rings. The van der Waals surface area contributed by atoms with Crippen molar-refractivity contribution in [3.8, 4) is 0 Å². The number of aryl methyl sites for hydroxylation is 1. The van der Waals surface area contributed by atoms with Crippen LogP contribution in [0.5, 0.6) is 0 Å². The van der Waals surface area contributed by atoms with E-state index in [1.54, 1.807) is 0 Å². The highest BCUT2D eigenvalue weighted by molar-refractivity contribution is 8.01. The Morgan fingerprint density at radius 2 is 2.38 bits per heavy atom. The second-order valence-corrected chi connectivity index (χ2v) is 5.18. The summed E-state index contributed by atoms with van der Waals surface area (Å²) in [6, 6.07) is 0. The standard InChI is InChI=1S/C7H13N3OS2/c1-5-9-6(13-10-5)12-4-7(2,8)3-11/h11H,3-4,8H2,1-2H3. The van der Waals surface area contributed by atoms with E-state index >= 15 is 0 Å². The van der Waals surface area contributed by atoms with Crippen LogP contribution >= 0.6 is 23.3 Å². The van der Waals surface area contributed by atoms with Gasteiger partial charge in [-0.1, -0.05) is 11.8 Å². The van der Waals surface area contributed by atoms with Gasteiger partial charge in [0.15, 0.2) is 4.34 Å². The molecule has 0 saturated heterocycles. The number of nitrogens with zero attached hydrogens (tertiary/aromatic N) is 2. The Morgan fingerprint density at radius 3 is 2.85 bits per heavy atom. The minimum Gasteiger partial charge on any atom is -0.394 e. The van der Waals surface area contributed by atoms with Gasteiger partial charge in [0.1, 0.15) is 5.82 Å². The lowest BCUT2D eigenvalue weighted by atomic mass is 10.1. The van der Waals surface area contributed by atoms with Gasteiger partial charge in [0, 0.05) is 11.3 Å². The molecule has 0 aromatic carbocycles. The van der Waals surface area contributed by atoms with Crippen molar-refractivity contribution in [2.45, 2.75) is 23.7 Å². The molecule has 0 spiro atoms. The van der Waals surface area contributed by atoms with Crippen molar-refractivity contribution in [3.05, 3.63) is 5.82 Å². The van der Waals surface area contributed by atoms with Crippen molar-refractivity contribution in [2.75, 3.05) is 12.4 Å². The van der Waals surface area contributed by atoms with Crippen molar-refractivity contribution in [1.29, 1.82) is 0 Å². The summed E-state index contributed by atoms with van der Waals surface area (Å²) >= 11 is 2.90. The third kappa shape index (κ3) is 3.60. The Hall–Kier alpha value is -0.170. The van der Waals surface area contributed by atoms with Crippen molar-refractivity contribution in [2.24, 2.45) is 5.73 Å². The number of aromatic nitrogens is 2. The maximum absolute atomic E-state index is 8.91. The maximum Gasteiger partial charge on any atom is 0.170 e. The van der Waals surface area contributed by atoms with Gasteiger partial charge >= 0.3 is 0 Å². The Labute approximate surface area is 85.7 Å². The maximum atomic E-state index is 8.91. The average molecular weight is 219 g/mol. The fourth-order valence-corrected chi connectivity index (χ4v) is 2.27. The van der Waals surface area contributed by atoms with Gasteiger partial charge in [-0.15, -0.1) is 0 Å². The Morgan fingerprint density at radius 1 is 1.69 bits per heavy atom. The molecule has 1 unspecified atom stereocenters. The quantitative estimate of drug-likeness (QED) is 0.727. The van der Waals surface area contributed by atoms with E-state index in [1.807, 2.05) is 13.8 Å². The first-order valence-corrected chi connectivity index (χ1v) is 5.62. The summed E-state index contributed by atoms with van der Waals surface area (Å²) in [5.74, 6) is 1.44. The first-order valence-electron chi connectivity index (χ1n) is 3.86. The highest BCUT2D eigenvalue weighted by Crippen LogP contribution is 2.22. The number of aliphatic hydroxyl groups is 1. The van der Waals surface area contributed by atoms with Gasteiger partial charge in [-0.25, -0.2) is 4.98 Å². The lowest BCUT2D eigenvalue weighted by Crippen LogP contribution is -2.42. The predicted octanol–water partition coefficient (Wildman–Crippen LogP) is 0.648. The Kier molecular flexibility index (Phi) is 3.66. The first-order chi connectivity index (χ1) is 6.03. The predicted molar refractivity (Wildman–Crippen MR) is 55.0 cm³/mol. The molecule has 0 fully saturated rings. The summed E-state index contributed by atoms with van der Waals surface area (Å²) in [6.07, 6.45) is 0. The second-order valence-electron chi connectivity index (χ2n) is 3.21. The molecule has 0 amide bonds. The van der Waals surface area contributed by atoms with Crippen molar-refractivity contribution in [1.82, 2.24) is 9.36 Å². The average Bonchev–Trinajstić information content (AvgIpc) is 2.48. The van der Waals surface area contributed by atoms with Gasteiger partial charge < -0.3 is 10.8 Å². The SMILES string of the molecule is Cc1nsc(SCC(C)(N)CO)n1. The van der Waals surface area contributed by atoms with E-state index in [0.717, 1.165) is 10.2 Å². The smallest absolute Gasteiger partial charge is 0.170 e. The minimum atomic E-state index is -0.537. The van der Waals surface area contributed by atoms with E-state index in [1.165, 1.54) is 23.3 Å². The van der Waals surface area contributed by atoms with Crippen LogP contribution in [0.1, 0.15) is 12.7 Å². The zero-order valence-corrected chi connectivity index (χ0v) is 9.28. The van der Waals surface area contributed by atoms with Crippen molar-refractivity contribution < 1.29 is 5.11 Å². The summed E-state index contributed by atoms with van der Waals surface area (Å²) in [5, 5.41) is 8.91. The van der Waals surface area contributed by atoms with Crippen LogP contribution < -0.4 is 5.73 Å². The monoisotopic (exact) mass is 219 g/mol. The normalized spacial score (nSPS) is 15.7. The van der Waals surface area contributed by atoms with Crippen molar-refractivity contribution in [3.63, 3.8) is 0 Å². The van der Waals surface area contributed by atoms with E-state index in [2.05, 4.69) is 9.36 Å². The molecule has 0 aliphatic heterocycles. The molecule has 0 bridgehead atoms. The van der Waals surface area contributed by atoms with Crippen LogP contribution in [0.25, 0.3) is 0 Å². The van der Waals surface area contributed by atoms with Crippen molar-refractivity contribution >= 4 is 23.3 Å². The van der Waals surface area contributed by atoms with E-state index in [4.69, 9.17) is 10.8 Å². The summed E-state index contributed by atoms with van der Waals surface area (Å²) in [4.78, 5) is 4.18. The zero-order valence-electron chi connectivity index (χ0n) is 7.65. The van der Waals surface area contributed by atoms with Gasteiger partial charge in [0.2, 0.25) is 0 Å². The molecule has 0 saturated carbocycles. The fourth-order valence-electron chi connectivity index (χ4n) is 0.609. The molecule has 1 aromatic heterocycles. The number of rotatable bonds is 4. The van der Waals surface area contributed by atoms with Crippen LogP contribution in [0.4, 0.5) is 0 Å². The Balaban J connectivity index is 2.43. The molecule has 13 heavy (non-hydrogen) atoms. The number of hydrogen-bond acceptors (Lipinski definition) is 6. The van der Waals surface area contributed by atoms with Gasteiger partial charge in [0.25, 0.3) is 0 Å².